The molecule has 1 aliphatic rings. The monoisotopic (exact) mass is 348 g/mol. The smallest absolute Gasteiger partial charge is 0.195 e. The molecular formula is C25H16O2. The molecule has 0 saturated heterocycles. The number of hydrogen-bond acceptors (Lipinski definition) is 2. The molecule has 27 heavy (non-hydrogen) atoms. The molecule has 0 spiro atoms. The van der Waals surface area contributed by atoms with Crippen molar-refractivity contribution >= 4 is 22.3 Å². The van der Waals surface area contributed by atoms with Gasteiger partial charge in [-0.1, -0.05) is 78.9 Å². The number of fused-ring (bicyclic) bond motifs is 3. The lowest BCUT2D eigenvalue weighted by Gasteiger charge is -2.21. The summed E-state index contributed by atoms with van der Waals surface area (Å²) in [4.78, 5) is 26.4. The van der Waals surface area contributed by atoms with Gasteiger partial charge in [-0.2, -0.15) is 0 Å². The first-order chi connectivity index (χ1) is 13.2. The lowest BCUT2D eigenvalue weighted by atomic mass is 9.79. The molecule has 0 unspecified atom stereocenters. The van der Waals surface area contributed by atoms with Crippen LogP contribution in [0.1, 0.15) is 37.4 Å². The Morgan fingerprint density at radius 2 is 1.15 bits per heavy atom. The van der Waals surface area contributed by atoms with Crippen molar-refractivity contribution in [1.82, 2.24) is 0 Å². The molecule has 0 aliphatic heterocycles. The third-order valence-electron chi connectivity index (χ3n) is 5.36. The van der Waals surface area contributed by atoms with Gasteiger partial charge in [-0.05, 0) is 34.4 Å². The van der Waals surface area contributed by atoms with Crippen molar-refractivity contribution in [3.8, 4) is 11.1 Å². The average molecular weight is 348 g/mol. The van der Waals surface area contributed by atoms with Crippen molar-refractivity contribution in [2.75, 3.05) is 0 Å². The minimum atomic E-state index is -0.0834. The summed E-state index contributed by atoms with van der Waals surface area (Å²) in [7, 11) is 0. The van der Waals surface area contributed by atoms with Crippen molar-refractivity contribution < 1.29 is 9.59 Å². The maximum atomic E-state index is 13.3. The summed E-state index contributed by atoms with van der Waals surface area (Å²) in [6, 6.07) is 25.0. The SMILES string of the molecule is Cc1ccc2ccccc2c1-c1cccc2c1C(=O)c1ccccc1C2=O. The summed E-state index contributed by atoms with van der Waals surface area (Å²) >= 11 is 0. The summed E-state index contributed by atoms with van der Waals surface area (Å²) in [6.45, 7) is 2.05. The van der Waals surface area contributed by atoms with Crippen LogP contribution in [0.15, 0.2) is 78.9 Å². The van der Waals surface area contributed by atoms with E-state index in [9.17, 15) is 9.59 Å². The second-order valence-corrected chi connectivity index (χ2v) is 6.91. The predicted octanol–water partition coefficient (Wildman–Crippen LogP) is 5.59. The zero-order valence-electron chi connectivity index (χ0n) is 14.8. The molecular weight excluding hydrogens is 332 g/mol. The van der Waals surface area contributed by atoms with E-state index in [1.165, 1.54) is 0 Å². The van der Waals surface area contributed by atoms with Gasteiger partial charge in [0.05, 0.1) is 0 Å². The Morgan fingerprint density at radius 3 is 1.96 bits per heavy atom. The van der Waals surface area contributed by atoms with Crippen LogP contribution in [-0.2, 0) is 0 Å². The highest BCUT2D eigenvalue weighted by molar-refractivity contribution is 6.30. The Kier molecular flexibility index (Phi) is 3.34. The third-order valence-corrected chi connectivity index (χ3v) is 5.36. The van der Waals surface area contributed by atoms with Gasteiger partial charge >= 0.3 is 0 Å². The fraction of sp³-hybridized carbons (Fsp3) is 0.0400. The van der Waals surface area contributed by atoms with E-state index in [4.69, 9.17) is 0 Å². The molecule has 4 aromatic carbocycles. The zero-order valence-corrected chi connectivity index (χ0v) is 14.8. The van der Waals surface area contributed by atoms with Crippen molar-refractivity contribution in [2.45, 2.75) is 6.92 Å². The molecule has 5 rings (SSSR count). The second-order valence-electron chi connectivity index (χ2n) is 6.91. The van der Waals surface area contributed by atoms with Crippen LogP contribution in [0.5, 0.6) is 0 Å². The van der Waals surface area contributed by atoms with Crippen molar-refractivity contribution in [3.63, 3.8) is 0 Å². The van der Waals surface area contributed by atoms with Crippen LogP contribution in [-0.4, -0.2) is 11.6 Å². The van der Waals surface area contributed by atoms with E-state index in [0.717, 1.165) is 27.5 Å². The lowest BCUT2D eigenvalue weighted by molar-refractivity contribution is 0.0979. The summed E-state index contributed by atoms with van der Waals surface area (Å²) in [5.41, 5.74) is 4.91. The Bertz CT molecular complexity index is 1260. The minimum Gasteiger partial charge on any atom is -0.289 e. The predicted molar refractivity (Wildman–Crippen MR) is 107 cm³/mol. The fourth-order valence-corrected chi connectivity index (χ4v) is 4.09. The molecule has 4 aromatic rings. The molecule has 0 heterocycles. The number of aryl methyl sites for hydroxylation is 1. The van der Waals surface area contributed by atoms with E-state index in [1.54, 1.807) is 30.3 Å². The standard InChI is InChI=1S/C25H16O2/c1-15-13-14-16-7-2-3-8-17(16)22(15)20-11-6-12-21-23(20)25(27)19-10-5-4-9-18(19)24(21)26/h2-14H,1H3. The molecule has 0 saturated carbocycles. The van der Waals surface area contributed by atoms with Crippen LogP contribution < -0.4 is 0 Å². The topological polar surface area (TPSA) is 34.1 Å². The number of carbonyl (C=O) groups is 2. The largest absolute Gasteiger partial charge is 0.289 e. The van der Waals surface area contributed by atoms with Gasteiger partial charge < -0.3 is 0 Å². The highest BCUT2D eigenvalue weighted by Gasteiger charge is 2.32. The molecule has 2 heteroatoms. The van der Waals surface area contributed by atoms with Gasteiger partial charge in [-0.25, -0.2) is 0 Å². The maximum absolute atomic E-state index is 13.3. The van der Waals surface area contributed by atoms with Crippen molar-refractivity contribution in [1.29, 1.82) is 0 Å². The van der Waals surface area contributed by atoms with E-state index in [0.29, 0.717) is 22.3 Å². The number of hydrogen-bond donors (Lipinski definition) is 0. The van der Waals surface area contributed by atoms with Gasteiger partial charge in [0, 0.05) is 22.3 Å². The Hall–Kier alpha value is -3.52. The molecule has 0 amide bonds. The first-order valence-corrected chi connectivity index (χ1v) is 8.97. The summed E-state index contributed by atoms with van der Waals surface area (Å²) in [5.74, 6) is -0.164. The van der Waals surface area contributed by atoms with Crippen molar-refractivity contribution in [2.24, 2.45) is 0 Å². The van der Waals surface area contributed by atoms with Crippen LogP contribution in [0.25, 0.3) is 21.9 Å². The van der Waals surface area contributed by atoms with Gasteiger partial charge in [0.25, 0.3) is 0 Å². The third kappa shape index (κ3) is 2.20. The Balaban J connectivity index is 1.87. The van der Waals surface area contributed by atoms with Crippen LogP contribution in [0.4, 0.5) is 0 Å². The van der Waals surface area contributed by atoms with E-state index in [-0.39, 0.29) is 11.6 Å². The van der Waals surface area contributed by atoms with Crippen molar-refractivity contribution in [3.05, 3.63) is 107 Å². The highest BCUT2D eigenvalue weighted by atomic mass is 16.1. The molecule has 0 bridgehead atoms. The van der Waals surface area contributed by atoms with Crippen LogP contribution >= 0.6 is 0 Å². The number of carbonyl (C=O) groups excluding carboxylic acids is 2. The van der Waals surface area contributed by atoms with Gasteiger partial charge in [0.2, 0.25) is 0 Å². The van der Waals surface area contributed by atoms with Crippen LogP contribution in [0.3, 0.4) is 0 Å². The number of ketones is 2. The molecule has 0 N–H and O–H groups in total. The van der Waals surface area contributed by atoms with Gasteiger partial charge in [-0.3, -0.25) is 9.59 Å². The summed E-state index contributed by atoms with van der Waals surface area (Å²) in [6.07, 6.45) is 0. The molecule has 128 valence electrons. The quantitative estimate of drug-likeness (QED) is 0.396. The van der Waals surface area contributed by atoms with Gasteiger partial charge in [0.15, 0.2) is 11.6 Å². The first-order valence-electron chi connectivity index (χ1n) is 8.97. The molecule has 0 atom stereocenters. The minimum absolute atomic E-state index is 0.0804. The highest BCUT2D eigenvalue weighted by Crippen LogP contribution is 2.38. The first kappa shape index (κ1) is 15.7. The summed E-state index contributed by atoms with van der Waals surface area (Å²) < 4.78 is 0. The summed E-state index contributed by atoms with van der Waals surface area (Å²) in [5, 5.41) is 2.20. The molecule has 1 aliphatic carbocycles. The number of benzene rings is 4. The molecule has 0 radical (unpaired) electrons. The molecule has 0 aromatic heterocycles. The van der Waals surface area contributed by atoms with E-state index >= 15 is 0 Å². The Morgan fingerprint density at radius 1 is 0.519 bits per heavy atom. The van der Waals surface area contributed by atoms with E-state index < -0.39 is 0 Å². The average Bonchev–Trinajstić information content (AvgIpc) is 2.71. The lowest BCUT2D eigenvalue weighted by Crippen LogP contribution is -2.21. The van der Waals surface area contributed by atoms with Crippen LogP contribution in [0.2, 0.25) is 0 Å². The van der Waals surface area contributed by atoms with Gasteiger partial charge in [0.1, 0.15) is 0 Å². The van der Waals surface area contributed by atoms with Crippen LogP contribution in [0, 0.1) is 6.92 Å². The maximum Gasteiger partial charge on any atom is 0.195 e. The molecule has 0 fully saturated rings. The van der Waals surface area contributed by atoms with E-state index in [1.807, 2.05) is 31.2 Å². The Labute approximate surface area is 157 Å². The van der Waals surface area contributed by atoms with E-state index in [2.05, 4.69) is 24.3 Å². The second kappa shape index (κ2) is 5.75. The zero-order chi connectivity index (χ0) is 18.5. The normalized spacial score (nSPS) is 12.8. The van der Waals surface area contributed by atoms with Gasteiger partial charge in [-0.15, -0.1) is 0 Å². The molecule has 2 nitrogen and oxygen atoms in total. The number of rotatable bonds is 1. The fourth-order valence-electron chi connectivity index (χ4n) is 4.09.